The number of nitrogens with zero attached hydrogens (tertiary/aromatic N) is 5. The monoisotopic (exact) mass is 555 g/mol. The number of anilines is 2. The summed E-state index contributed by atoms with van der Waals surface area (Å²) < 4.78 is 64.1. The Morgan fingerprint density at radius 3 is 2.56 bits per heavy atom. The maximum atomic E-state index is 13.6. The number of aryl methyl sites for hydroxylation is 1. The molecule has 200 valence electrons. The number of nitrogens with two attached hydrogens (primary N) is 1. The van der Waals surface area contributed by atoms with Crippen molar-refractivity contribution >= 4 is 49.1 Å². The number of alkyl halides is 3. The number of rotatable bonds is 5. The zero-order valence-corrected chi connectivity index (χ0v) is 21.3. The zero-order chi connectivity index (χ0) is 28.1. The van der Waals surface area contributed by atoms with Gasteiger partial charge in [-0.3, -0.25) is 14.9 Å². The average molecular weight is 556 g/mol. The molecule has 5 aromatic rings. The summed E-state index contributed by atoms with van der Waals surface area (Å²) in [6, 6.07) is 9.74. The molecule has 0 aliphatic carbocycles. The van der Waals surface area contributed by atoms with E-state index in [0.717, 1.165) is 39.9 Å². The smallest absolute Gasteiger partial charge is 0.382 e. The molecule has 0 radical (unpaired) electrons. The zero-order valence-electron chi connectivity index (χ0n) is 20.5. The van der Waals surface area contributed by atoms with Crippen molar-refractivity contribution in [3.8, 4) is 0 Å². The highest BCUT2D eigenvalue weighted by atomic mass is 32.2. The first-order valence-corrected chi connectivity index (χ1v) is 13.3. The Hall–Kier alpha value is -4.59. The van der Waals surface area contributed by atoms with Gasteiger partial charge in [0.1, 0.15) is 17.0 Å². The molecule has 0 spiro atoms. The van der Waals surface area contributed by atoms with Gasteiger partial charge in [-0.1, -0.05) is 12.1 Å². The summed E-state index contributed by atoms with van der Waals surface area (Å²) in [4.78, 5) is 26.5. The Morgan fingerprint density at radius 2 is 1.90 bits per heavy atom. The van der Waals surface area contributed by atoms with E-state index in [9.17, 15) is 26.4 Å². The summed E-state index contributed by atoms with van der Waals surface area (Å²) in [5, 5.41) is 8.23. The van der Waals surface area contributed by atoms with Crippen LogP contribution >= 0.6 is 0 Å². The van der Waals surface area contributed by atoms with E-state index in [0.29, 0.717) is 22.7 Å². The van der Waals surface area contributed by atoms with Gasteiger partial charge >= 0.3 is 6.18 Å². The molecule has 0 unspecified atom stereocenters. The van der Waals surface area contributed by atoms with Crippen molar-refractivity contribution in [2.75, 3.05) is 16.9 Å². The van der Waals surface area contributed by atoms with E-state index in [2.05, 4.69) is 25.1 Å². The highest BCUT2D eigenvalue weighted by Gasteiger charge is 2.33. The van der Waals surface area contributed by atoms with Gasteiger partial charge in [0.25, 0.3) is 5.91 Å². The quantitative estimate of drug-likeness (QED) is 0.330. The normalized spacial score (nSPS) is 12.2. The van der Waals surface area contributed by atoms with Gasteiger partial charge < -0.3 is 10.6 Å². The van der Waals surface area contributed by atoms with Gasteiger partial charge in [-0.2, -0.15) is 18.3 Å². The van der Waals surface area contributed by atoms with E-state index in [4.69, 9.17) is 5.73 Å². The first kappa shape index (κ1) is 26.0. The van der Waals surface area contributed by atoms with E-state index < -0.39 is 27.6 Å². The lowest BCUT2D eigenvalue weighted by Crippen LogP contribution is -2.32. The number of H-pyrrole nitrogens is 1. The number of carbonyl (C=O) groups excluding carboxylic acids is 1. The molecule has 0 aliphatic rings. The van der Waals surface area contributed by atoms with Crippen LogP contribution in [-0.2, 0) is 22.6 Å². The highest BCUT2D eigenvalue weighted by Crippen LogP contribution is 2.32. The third-order valence-electron chi connectivity index (χ3n) is 6.06. The molecule has 4 heterocycles. The fraction of sp³-hybridized carbons (Fsp3) is 0.160. The van der Waals surface area contributed by atoms with Crippen LogP contribution in [0.2, 0.25) is 0 Å². The number of aromatic nitrogens is 5. The van der Waals surface area contributed by atoms with Crippen molar-refractivity contribution in [3.63, 3.8) is 0 Å². The van der Waals surface area contributed by atoms with Crippen LogP contribution in [0.25, 0.3) is 21.8 Å². The maximum absolute atomic E-state index is 13.6. The van der Waals surface area contributed by atoms with E-state index in [1.165, 1.54) is 18.3 Å². The molecule has 10 nitrogen and oxygen atoms in total. The molecule has 39 heavy (non-hydrogen) atoms. The third kappa shape index (κ3) is 4.85. The van der Waals surface area contributed by atoms with Crippen LogP contribution in [-0.4, -0.2) is 45.7 Å². The Kier molecular flexibility index (Phi) is 6.21. The Bertz CT molecular complexity index is 1850. The van der Waals surface area contributed by atoms with Crippen LogP contribution in [0.3, 0.4) is 0 Å². The predicted octanol–water partition coefficient (Wildman–Crippen LogP) is 4.06. The van der Waals surface area contributed by atoms with Crippen molar-refractivity contribution in [2.24, 2.45) is 0 Å². The molecule has 14 heteroatoms. The second-order valence-corrected chi connectivity index (χ2v) is 10.8. The van der Waals surface area contributed by atoms with Gasteiger partial charge in [0.15, 0.2) is 14.9 Å². The summed E-state index contributed by atoms with van der Waals surface area (Å²) >= 11 is 0. The predicted molar refractivity (Wildman–Crippen MR) is 138 cm³/mol. The maximum Gasteiger partial charge on any atom is 0.433 e. The van der Waals surface area contributed by atoms with Gasteiger partial charge in [0.2, 0.25) is 0 Å². The van der Waals surface area contributed by atoms with E-state index >= 15 is 0 Å². The molecule has 0 atom stereocenters. The van der Waals surface area contributed by atoms with Crippen molar-refractivity contribution in [3.05, 3.63) is 77.4 Å². The van der Waals surface area contributed by atoms with Gasteiger partial charge in [-0.05, 0) is 42.8 Å². The SMILES string of the molecule is Cc1n[nH]c2c(N)nc3cc(CN(C(=O)c4ccc(C(F)(F)F)nc4)c4cccnc4S(C)(=O)=O)ccc3c12. The average Bonchev–Trinajstić information content (AvgIpc) is 3.28. The van der Waals surface area contributed by atoms with Crippen LogP contribution in [0.15, 0.2) is 59.9 Å². The number of hydrogen-bond acceptors (Lipinski definition) is 8. The first-order chi connectivity index (χ1) is 18.3. The molecule has 1 aromatic carbocycles. The fourth-order valence-corrected chi connectivity index (χ4v) is 5.09. The number of amides is 1. The van der Waals surface area contributed by atoms with Crippen LogP contribution in [0.4, 0.5) is 24.7 Å². The molecule has 0 saturated carbocycles. The molecular formula is C25H20F3N7O3S. The second kappa shape index (κ2) is 9.31. The molecule has 3 N–H and O–H groups in total. The minimum Gasteiger partial charge on any atom is -0.382 e. The molecule has 0 bridgehead atoms. The Morgan fingerprint density at radius 1 is 1.13 bits per heavy atom. The first-order valence-electron chi connectivity index (χ1n) is 11.4. The number of carbonyl (C=O) groups is 1. The number of sulfone groups is 1. The number of halogens is 3. The van der Waals surface area contributed by atoms with Crippen molar-refractivity contribution in [2.45, 2.75) is 24.7 Å². The minimum atomic E-state index is -4.69. The van der Waals surface area contributed by atoms with Crippen molar-refractivity contribution in [1.29, 1.82) is 0 Å². The van der Waals surface area contributed by atoms with E-state index in [-0.39, 0.29) is 28.6 Å². The summed E-state index contributed by atoms with van der Waals surface area (Å²) in [6.45, 7) is 1.66. The standard InChI is InChI=1S/C25H20F3N7O3S/c1-13-20-16-7-5-14(10-17(16)32-22(29)21(20)34-33-13)12-35(18-4-3-9-30-23(18)39(2,37)38)24(36)15-6-8-19(31-11-15)25(26,27)28/h3-11H,12H2,1-2H3,(H2,29,32)(H,33,34). The molecule has 5 rings (SSSR count). The number of nitrogen functional groups attached to an aromatic ring is 1. The molecular weight excluding hydrogens is 535 g/mol. The molecule has 1 amide bonds. The fourth-order valence-electron chi connectivity index (χ4n) is 4.28. The lowest BCUT2D eigenvalue weighted by molar-refractivity contribution is -0.141. The minimum absolute atomic E-state index is 0.0430. The van der Waals surface area contributed by atoms with Crippen LogP contribution in [0.5, 0.6) is 0 Å². The largest absolute Gasteiger partial charge is 0.433 e. The summed E-state index contributed by atoms with van der Waals surface area (Å²) in [6.07, 6.45) is -1.67. The summed E-state index contributed by atoms with van der Waals surface area (Å²) in [7, 11) is -3.88. The third-order valence-corrected chi connectivity index (χ3v) is 7.07. The van der Waals surface area contributed by atoms with E-state index in [1.807, 2.05) is 6.92 Å². The number of pyridine rings is 3. The molecule has 0 aliphatic heterocycles. The molecule has 0 saturated heterocycles. The Labute approximate surface area is 219 Å². The van der Waals surface area contributed by atoms with E-state index in [1.54, 1.807) is 18.2 Å². The highest BCUT2D eigenvalue weighted by molar-refractivity contribution is 7.90. The topological polar surface area (TPSA) is 148 Å². The number of aromatic amines is 1. The number of fused-ring (bicyclic) bond motifs is 3. The number of hydrogen-bond donors (Lipinski definition) is 2. The Balaban J connectivity index is 1.62. The van der Waals surface area contributed by atoms with Crippen molar-refractivity contribution < 1.29 is 26.4 Å². The van der Waals surface area contributed by atoms with Gasteiger partial charge in [0, 0.05) is 29.4 Å². The lowest BCUT2D eigenvalue weighted by atomic mass is 10.1. The van der Waals surface area contributed by atoms with Gasteiger partial charge in [0.05, 0.1) is 29.0 Å². The van der Waals surface area contributed by atoms with Crippen LogP contribution < -0.4 is 10.6 Å². The van der Waals surface area contributed by atoms with Gasteiger partial charge in [-0.25, -0.2) is 18.4 Å². The number of benzene rings is 1. The van der Waals surface area contributed by atoms with Crippen LogP contribution in [0.1, 0.15) is 27.3 Å². The van der Waals surface area contributed by atoms with Gasteiger partial charge in [-0.15, -0.1) is 0 Å². The second-order valence-electron chi connectivity index (χ2n) is 8.83. The molecule has 0 fully saturated rings. The van der Waals surface area contributed by atoms with Crippen molar-refractivity contribution in [1.82, 2.24) is 25.1 Å². The number of nitrogens with one attached hydrogen (secondary N) is 1. The molecule has 4 aromatic heterocycles. The van der Waals surface area contributed by atoms with Crippen LogP contribution in [0, 0.1) is 6.92 Å². The summed E-state index contributed by atoms with van der Waals surface area (Å²) in [5.41, 5.74) is 7.09. The summed E-state index contributed by atoms with van der Waals surface area (Å²) in [5.74, 6) is -0.548. The lowest BCUT2D eigenvalue weighted by Gasteiger charge is -2.24.